The molecular formula is C24H36N6O2. The van der Waals surface area contributed by atoms with E-state index in [1.807, 2.05) is 30.7 Å². The van der Waals surface area contributed by atoms with Crippen molar-refractivity contribution in [2.24, 2.45) is 12.0 Å². The van der Waals surface area contributed by atoms with Gasteiger partial charge in [-0.3, -0.25) is 0 Å². The molecule has 32 heavy (non-hydrogen) atoms. The number of aliphatic imine (C=N–C) groups is 1. The number of aryl methyl sites for hydroxylation is 1. The quantitative estimate of drug-likeness (QED) is 0.297. The Morgan fingerprint density at radius 2 is 1.97 bits per heavy atom. The number of benzene rings is 1. The molecule has 0 saturated heterocycles. The average molecular weight is 441 g/mol. The van der Waals surface area contributed by atoms with Crippen LogP contribution in [0.1, 0.15) is 68.2 Å². The van der Waals surface area contributed by atoms with Crippen molar-refractivity contribution >= 4 is 5.96 Å². The van der Waals surface area contributed by atoms with Crippen molar-refractivity contribution in [3.8, 4) is 5.75 Å². The summed E-state index contributed by atoms with van der Waals surface area (Å²) < 4.78 is 13.9. The Labute approximate surface area is 190 Å². The zero-order valence-corrected chi connectivity index (χ0v) is 19.3. The fraction of sp³-hybridized carbons (Fsp3) is 0.625. The molecule has 4 rings (SSSR count). The van der Waals surface area contributed by atoms with Crippen LogP contribution in [0.4, 0.5) is 0 Å². The first-order chi connectivity index (χ1) is 15.7. The Bertz CT molecular complexity index is 888. The fourth-order valence-corrected chi connectivity index (χ4v) is 4.35. The number of hydrogen-bond acceptors (Lipinski definition) is 5. The second kappa shape index (κ2) is 11.3. The average Bonchev–Trinajstić information content (AvgIpc) is 2.99. The number of ether oxygens (including phenoxy) is 2. The van der Waals surface area contributed by atoms with Gasteiger partial charge in [-0.1, -0.05) is 43.9 Å². The van der Waals surface area contributed by atoms with Gasteiger partial charge in [-0.2, -0.15) is 0 Å². The van der Waals surface area contributed by atoms with Crippen molar-refractivity contribution < 1.29 is 9.47 Å². The van der Waals surface area contributed by atoms with E-state index >= 15 is 0 Å². The lowest BCUT2D eigenvalue weighted by Gasteiger charge is -2.28. The van der Waals surface area contributed by atoms with E-state index in [4.69, 9.17) is 14.5 Å². The summed E-state index contributed by atoms with van der Waals surface area (Å²) in [7, 11) is 1.97. The van der Waals surface area contributed by atoms with Gasteiger partial charge in [0, 0.05) is 25.6 Å². The van der Waals surface area contributed by atoms with Gasteiger partial charge in [-0.15, -0.1) is 10.2 Å². The molecule has 1 aromatic heterocycles. The molecule has 1 saturated carbocycles. The summed E-state index contributed by atoms with van der Waals surface area (Å²) in [4.78, 5) is 4.81. The highest BCUT2D eigenvalue weighted by atomic mass is 16.5. The van der Waals surface area contributed by atoms with Gasteiger partial charge < -0.3 is 24.7 Å². The lowest BCUT2D eigenvalue weighted by Crippen LogP contribution is -2.42. The van der Waals surface area contributed by atoms with E-state index in [9.17, 15) is 0 Å². The summed E-state index contributed by atoms with van der Waals surface area (Å²) in [6, 6.07) is 8.35. The maximum Gasteiger partial charge on any atom is 0.192 e. The molecule has 1 atom stereocenters. The van der Waals surface area contributed by atoms with Gasteiger partial charge in [-0.25, -0.2) is 4.99 Å². The maximum absolute atomic E-state index is 6.15. The predicted octanol–water partition coefficient (Wildman–Crippen LogP) is 3.42. The number of guanidine groups is 1. The largest absolute Gasteiger partial charge is 0.493 e. The van der Waals surface area contributed by atoms with Gasteiger partial charge in [0.25, 0.3) is 0 Å². The van der Waals surface area contributed by atoms with Crippen LogP contribution in [0, 0.1) is 6.92 Å². The van der Waals surface area contributed by atoms with Crippen LogP contribution in [-0.2, 0) is 18.3 Å². The van der Waals surface area contributed by atoms with Crippen LogP contribution in [0.3, 0.4) is 0 Å². The topological polar surface area (TPSA) is 85.6 Å². The van der Waals surface area contributed by atoms with Crippen molar-refractivity contribution in [2.75, 3.05) is 19.8 Å². The first-order valence-electron chi connectivity index (χ1n) is 11.9. The zero-order valence-electron chi connectivity index (χ0n) is 19.3. The molecule has 2 heterocycles. The van der Waals surface area contributed by atoms with Gasteiger partial charge in [-0.05, 0) is 25.8 Å². The van der Waals surface area contributed by atoms with Crippen LogP contribution < -0.4 is 15.4 Å². The molecule has 8 nitrogen and oxygen atoms in total. The molecular weight excluding hydrogens is 404 g/mol. The molecule has 0 bridgehead atoms. The van der Waals surface area contributed by atoms with E-state index in [2.05, 4.69) is 33.0 Å². The number of rotatable bonds is 7. The van der Waals surface area contributed by atoms with Crippen LogP contribution in [-0.4, -0.2) is 46.6 Å². The van der Waals surface area contributed by atoms with Gasteiger partial charge >= 0.3 is 0 Å². The highest BCUT2D eigenvalue weighted by Gasteiger charge is 2.22. The van der Waals surface area contributed by atoms with Crippen LogP contribution in [0.15, 0.2) is 29.3 Å². The van der Waals surface area contributed by atoms with Gasteiger partial charge in [0.1, 0.15) is 18.1 Å². The third-order valence-corrected chi connectivity index (χ3v) is 6.38. The minimum absolute atomic E-state index is 0.148. The van der Waals surface area contributed by atoms with Crippen LogP contribution in [0.5, 0.6) is 5.75 Å². The standard InChI is InChI=1S/C24H36N6O2/c1-18-28-29-23(30(18)2)17-26-24(25-14-16-31-19-9-5-3-4-6-10-19)27-21-13-15-32-22-12-8-7-11-20(21)22/h7-8,11-12,19,21H,3-6,9-10,13-17H2,1-2H3,(H2,25,26,27). The molecule has 2 aromatic rings. The molecule has 8 heteroatoms. The second-order valence-electron chi connectivity index (χ2n) is 8.67. The molecule has 1 unspecified atom stereocenters. The van der Waals surface area contributed by atoms with E-state index < -0.39 is 0 Å². The number of nitrogens with one attached hydrogen (secondary N) is 2. The normalized spacial score (nSPS) is 19.7. The van der Waals surface area contributed by atoms with E-state index in [1.165, 1.54) is 38.5 Å². The highest BCUT2D eigenvalue weighted by Crippen LogP contribution is 2.31. The van der Waals surface area contributed by atoms with Gasteiger partial charge in [0.15, 0.2) is 11.8 Å². The van der Waals surface area contributed by atoms with Gasteiger partial charge in [0.05, 0.1) is 25.4 Å². The Hall–Kier alpha value is -2.61. The summed E-state index contributed by atoms with van der Waals surface area (Å²) in [6.45, 7) is 4.49. The minimum atomic E-state index is 0.148. The van der Waals surface area contributed by atoms with E-state index in [0.29, 0.717) is 32.4 Å². The third kappa shape index (κ3) is 6.00. The Morgan fingerprint density at radius 1 is 1.16 bits per heavy atom. The second-order valence-corrected chi connectivity index (χ2v) is 8.67. The third-order valence-electron chi connectivity index (χ3n) is 6.38. The minimum Gasteiger partial charge on any atom is -0.493 e. The van der Waals surface area contributed by atoms with E-state index in [0.717, 1.165) is 35.3 Å². The molecule has 1 aromatic carbocycles. The van der Waals surface area contributed by atoms with Crippen molar-refractivity contribution in [1.29, 1.82) is 0 Å². The van der Waals surface area contributed by atoms with Gasteiger partial charge in [0.2, 0.25) is 0 Å². The van der Waals surface area contributed by atoms with Crippen molar-refractivity contribution in [3.63, 3.8) is 0 Å². The first kappa shape index (κ1) is 22.6. The fourth-order valence-electron chi connectivity index (χ4n) is 4.35. The molecule has 1 aliphatic carbocycles. The lowest BCUT2D eigenvalue weighted by atomic mass is 10.0. The van der Waals surface area contributed by atoms with Crippen LogP contribution in [0.2, 0.25) is 0 Å². The molecule has 0 spiro atoms. The van der Waals surface area contributed by atoms with Crippen molar-refractivity contribution in [1.82, 2.24) is 25.4 Å². The number of nitrogens with zero attached hydrogens (tertiary/aromatic N) is 4. The SMILES string of the molecule is Cc1nnc(CN=C(NCCOC2CCCCCC2)NC2CCOc3ccccc32)n1C. The molecule has 0 amide bonds. The number of aromatic nitrogens is 3. The summed E-state index contributed by atoms with van der Waals surface area (Å²) in [5.74, 6) is 3.42. The number of hydrogen-bond donors (Lipinski definition) is 2. The first-order valence-corrected chi connectivity index (χ1v) is 11.9. The smallest absolute Gasteiger partial charge is 0.192 e. The van der Waals surface area contributed by atoms with Crippen LogP contribution in [0.25, 0.3) is 0 Å². The zero-order chi connectivity index (χ0) is 22.2. The maximum atomic E-state index is 6.15. The Kier molecular flexibility index (Phi) is 7.98. The summed E-state index contributed by atoms with van der Waals surface area (Å²) in [6.07, 6.45) is 8.91. The molecule has 1 aliphatic heterocycles. The Morgan fingerprint density at radius 3 is 2.75 bits per heavy atom. The molecule has 1 fully saturated rings. The molecule has 2 aliphatic rings. The molecule has 2 N–H and O–H groups in total. The number of para-hydroxylation sites is 1. The monoisotopic (exact) mass is 440 g/mol. The molecule has 174 valence electrons. The number of fused-ring (bicyclic) bond motifs is 1. The van der Waals surface area contributed by atoms with Crippen molar-refractivity contribution in [2.45, 2.75) is 70.6 Å². The lowest BCUT2D eigenvalue weighted by molar-refractivity contribution is 0.0467. The van der Waals surface area contributed by atoms with E-state index in [1.54, 1.807) is 0 Å². The highest BCUT2D eigenvalue weighted by molar-refractivity contribution is 5.80. The van der Waals surface area contributed by atoms with E-state index in [-0.39, 0.29) is 6.04 Å². The molecule has 0 radical (unpaired) electrons. The summed E-state index contributed by atoms with van der Waals surface area (Å²) in [5.41, 5.74) is 1.16. The summed E-state index contributed by atoms with van der Waals surface area (Å²) >= 11 is 0. The Balaban J connectivity index is 1.38. The summed E-state index contributed by atoms with van der Waals surface area (Å²) in [5, 5.41) is 15.5. The van der Waals surface area contributed by atoms with Crippen molar-refractivity contribution in [3.05, 3.63) is 41.5 Å². The van der Waals surface area contributed by atoms with Crippen LogP contribution >= 0.6 is 0 Å². The predicted molar refractivity (Wildman–Crippen MR) is 125 cm³/mol.